The van der Waals surface area contributed by atoms with E-state index < -0.39 is 0 Å². The Morgan fingerprint density at radius 2 is 1.11 bits per heavy atom. The molecule has 0 radical (unpaired) electrons. The number of methoxy groups -OCH3 is 4. The third kappa shape index (κ3) is 11.5. The van der Waals surface area contributed by atoms with Gasteiger partial charge in [0.05, 0.1) is 28.4 Å². The third-order valence-electron chi connectivity index (χ3n) is 14.4. The largest absolute Gasteiger partial charge is 0.493 e. The number of ether oxygens (including phenoxy) is 6. The van der Waals surface area contributed by atoms with E-state index in [0.29, 0.717) is 52.2 Å². The molecule has 11 rings (SSSR count). The third-order valence-corrected chi connectivity index (χ3v) is 14.4. The first-order chi connectivity index (χ1) is 34.2. The molecular formula is C61H68ClN3O6. The van der Waals surface area contributed by atoms with Gasteiger partial charge in [0, 0.05) is 42.7 Å². The lowest BCUT2D eigenvalue weighted by Gasteiger charge is -2.37. The van der Waals surface area contributed by atoms with Crippen LogP contribution in [0.25, 0.3) is 0 Å². The molecule has 0 fully saturated rings. The van der Waals surface area contributed by atoms with Crippen molar-refractivity contribution in [3.8, 4) is 46.0 Å². The van der Waals surface area contributed by atoms with E-state index in [9.17, 15) is 0 Å². The summed E-state index contributed by atoms with van der Waals surface area (Å²) < 4.78 is 37.1. The van der Waals surface area contributed by atoms with Gasteiger partial charge in [-0.25, -0.2) is 0 Å². The topological polar surface area (TPSA) is 73.9 Å². The highest BCUT2D eigenvalue weighted by Gasteiger charge is 2.35. The molecule has 1 N–H and O–H groups in total. The van der Waals surface area contributed by atoms with Crippen molar-refractivity contribution in [1.29, 1.82) is 0 Å². The minimum absolute atomic E-state index is 0. The molecule has 10 heteroatoms. The van der Waals surface area contributed by atoms with Crippen LogP contribution < -0.4 is 33.7 Å². The van der Waals surface area contributed by atoms with E-state index in [0.717, 1.165) is 68.6 Å². The summed E-state index contributed by atoms with van der Waals surface area (Å²) >= 11 is 0. The highest BCUT2D eigenvalue weighted by atomic mass is 35.5. The molecule has 7 aromatic rings. The van der Waals surface area contributed by atoms with Crippen LogP contribution in [-0.2, 0) is 25.7 Å². The summed E-state index contributed by atoms with van der Waals surface area (Å²) in [6.45, 7) is 5.08. The lowest BCUT2D eigenvalue weighted by atomic mass is 9.87. The van der Waals surface area contributed by atoms with Crippen LogP contribution in [-0.4, -0.2) is 72.0 Å². The number of hydrogen-bond donors (Lipinski definition) is 1. The van der Waals surface area contributed by atoms with E-state index in [1.165, 1.54) is 38.9 Å². The van der Waals surface area contributed by atoms with E-state index in [2.05, 4.69) is 170 Å². The molecule has 0 saturated heterocycles. The molecule has 7 aromatic carbocycles. The summed E-state index contributed by atoms with van der Waals surface area (Å²) in [6, 6.07) is 53.8. The monoisotopic (exact) mass is 973 g/mol. The number of halogens is 1. The van der Waals surface area contributed by atoms with Gasteiger partial charge >= 0.3 is 0 Å². The van der Waals surface area contributed by atoms with Crippen molar-refractivity contribution in [3.63, 3.8) is 0 Å². The van der Waals surface area contributed by atoms with Crippen molar-refractivity contribution in [2.45, 2.75) is 63.1 Å². The van der Waals surface area contributed by atoms with Crippen LogP contribution in [0.3, 0.4) is 0 Å². The van der Waals surface area contributed by atoms with Gasteiger partial charge in [-0.3, -0.25) is 9.80 Å². The van der Waals surface area contributed by atoms with Crippen molar-refractivity contribution in [1.82, 2.24) is 15.1 Å². The number of benzene rings is 7. The zero-order chi connectivity index (χ0) is 48.6. The van der Waals surface area contributed by atoms with Crippen molar-refractivity contribution in [3.05, 3.63) is 202 Å². The Balaban J connectivity index is 0.000000228. The first-order valence-electron chi connectivity index (χ1n) is 24.6. The van der Waals surface area contributed by atoms with Crippen LogP contribution in [0, 0.1) is 0 Å². The van der Waals surface area contributed by atoms with Crippen molar-refractivity contribution in [2.24, 2.45) is 0 Å². The Hall–Kier alpha value is -6.49. The molecule has 3 atom stereocenters. The second-order valence-corrected chi connectivity index (χ2v) is 18.7. The number of nitrogens with zero attached hydrogens (tertiary/aromatic N) is 2. The number of hydrogen-bond acceptors (Lipinski definition) is 9. The lowest BCUT2D eigenvalue weighted by molar-refractivity contribution is 0.220. The summed E-state index contributed by atoms with van der Waals surface area (Å²) in [5.41, 5.74) is 11.3. The zero-order valence-corrected chi connectivity index (χ0v) is 43.0. The average Bonchev–Trinajstić information content (AvgIpc) is 3.40. The molecule has 0 spiro atoms. The number of likely N-dealkylation sites (N-methyl/N-ethyl adjacent to an activating group) is 2. The minimum Gasteiger partial charge on any atom is -0.493 e. The number of nitrogens with one attached hydrogen (secondary N) is 1. The van der Waals surface area contributed by atoms with E-state index in [-0.39, 0.29) is 24.5 Å². The molecule has 370 valence electrons. The summed E-state index contributed by atoms with van der Waals surface area (Å²) in [4.78, 5) is 4.81. The highest BCUT2D eigenvalue weighted by Crippen LogP contribution is 2.52. The Morgan fingerprint density at radius 3 is 1.73 bits per heavy atom. The van der Waals surface area contributed by atoms with Crippen molar-refractivity contribution < 1.29 is 28.4 Å². The molecule has 0 amide bonds. The maximum Gasteiger partial charge on any atom is 0.204 e. The molecule has 9 nitrogen and oxygen atoms in total. The average molecular weight is 975 g/mol. The first kappa shape index (κ1) is 50.9. The summed E-state index contributed by atoms with van der Waals surface area (Å²) in [7, 11) is 11.1. The van der Waals surface area contributed by atoms with Crippen LogP contribution in [0.15, 0.2) is 152 Å². The van der Waals surface area contributed by atoms with Crippen molar-refractivity contribution >= 4 is 12.4 Å². The Labute approximate surface area is 427 Å². The highest BCUT2D eigenvalue weighted by molar-refractivity contribution is 5.85. The van der Waals surface area contributed by atoms with Gasteiger partial charge in [0.15, 0.2) is 34.5 Å². The molecule has 0 saturated carbocycles. The predicted octanol–water partition coefficient (Wildman–Crippen LogP) is 13.1. The Bertz CT molecular complexity index is 2790. The molecule has 6 bridgehead atoms. The quantitative estimate of drug-likeness (QED) is 0.136. The van der Waals surface area contributed by atoms with Gasteiger partial charge in [-0.1, -0.05) is 109 Å². The number of fused-ring (bicyclic) bond motifs is 2. The SMILES string of the molecule is CC(NCCC(c1ccccc1)c1ccccc1)c1ccccc1.COc1ccc2cc1Oc1ccc(cc1)CC1c3cc(c(OC)cc3CCN1C)Oc1c(OC)c(OC)cc3c1C(C2)N(C)CC3.Cl. The predicted molar refractivity (Wildman–Crippen MR) is 287 cm³/mol. The first-order valence-corrected chi connectivity index (χ1v) is 24.6. The molecule has 4 heterocycles. The van der Waals surface area contributed by atoms with E-state index >= 15 is 0 Å². The molecule has 0 aromatic heterocycles. The van der Waals surface area contributed by atoms with Gasteiger partial charge in [0.1, 0.15) is 5.75 Å². The van der Waals surface area contributed by atoms with Crippen LogP contribution in [0.1, 0.15) is 87.5 Å². The van der Waals surface area contributed by atoms with Gasteiger partial charge < -0.3 is 33.7 Å². The zero-order valence-electron chi connectivity index (χ0n) is 42.2. The van der Waals surface area contributed by atoms with E-state index in [1.807, 2.05) is 18.2 Å². The summed E-state index contributed by atoms with van der Waals surface area (Å²) in [5.74, 6) is 5.84. The van der Waals surface area contributed by atoms with Gasteiger partial charge in [-0.2, -0.15) is 0 Å². The van der Waals surface area contributed by atoms with E-state index in [4.69, 9.17) is 28.4 Å². The summed E-state index contributed by atoms with van der Waals surface area (Å²) in [5, 5.41) is 3.67. The van der Waals surface area contributed by atoms with E-state index in [1.54, 1.807) is 28.4 Å². The Morgan fingerprint density at radius 1 is 0.563 bits per heavy atom. The van der Waals surface area contributed by atoms with Gasteiger partial charge in [0.2, 0.25) is 5.75 Å². The fourth-order valence-electron chi connectivity index (χ4n) is 10.5. The maximum absolute atomic E-state index is 7.03. The van der Waals surface area contributed by atoms with Crippen LogP contribution in [0.2, 0.25) is 0 Å². The van der Waals surface area contributed by atoms with Crippen LogP contribution in [0.5, 0.6) is 46.0 Å². The van der Waals surface area contributed by atoms with Crippen LogP contribution >= 0.6 is 12.4 Å². The molecule has 3 unspecified atom stereocenters. The van der Waals surface area contributed by atoms with Gasteiger partial charge in [0.25, 0.3) is 0 Å². The second kappa shape index (κ2) is 23.6. The van der Waals surface area contributed by atoms with Gasteiger partial charge in [-0.05, 0) is 147 Å². The van der Waals surface area contributed by atoms with Gasteiger partial charge in [-0.15, -0.1) is 12.4 Å². The molecule has 71 heavy (non-hydrogen) atoms. The standard InChI is InChI=1S/C38H42N2O6.C23H25N.ClH/c1-39-15-13-25-20-32(42-4)34-22-28(25)29(39)17-23-7-10-27(11-8-23)45-33-19-24(9-12-31(33)41-3)18-30-36-26(14-16-40(30)2)21-35(43-5)37(44-6)38(36)46-34;1-19(20-11-5-2-6-12-20)24-18-17-23(21-13-7-3-8-14-21)22-15-9-4-10-16-22;/h7-12,19-22,29-30H,13-18H2,1-6H3;2-16,19,23-24H,17-18H2,1H3;1H. The normalized spacial score (nSPS) is 16.6. The fraction of sp³-hybridized carbons (Fsp3) is 0.311. The number of rotatable bonds is 11. The maximum atomic E-state index is 7.03. The minimum atomic E-state index is 0. The smallest absolute Gasteiger partial charge is 0.204 e. The second-order valence-electron chi connectivity index (χ2n) is 18.7. The molecular weight excluding hydrogens is 906 g/mol. The summed E-state index contributed by atoms with van der Waals surface area (Å²) in [6.07, 6.45) is 4.46. The molecule has 4 aliphatic heterocycles. The molecule has 4 aliphatic rings. The fourth-order valence-corrected chi connectivity index (χ4v) is 10.5. The van der Waals surface area contributed by atoms with Crippen LogP contribution in [0.4, 0.5) is 0 Å². The molecule has 0 aliphatic carbocycles. The Kier molecular flexibility index (Phi) is 16.9. The lowest BCUT2D eigenvalue weighted by Crippen LogP contribution is -2.34. The van der Waals surface area contributed by atoms with Crippen molar-refractivity contribution in [2.75, 3.05) is 62.2 Å².